The second-order valence-electron chi connectivity index (χ2n) is 7.46. The molecule has 2 heterocycles. The van der Waals surface area contributed by atoms with Gasteiger partial charge >= 0.3 is 5.97 Å². The monoisotopic (exact) mass is 286 g/mol. The number of esters is 1. The van der Waals surface area contributed by atoms with E-state index in [1.807, 2.05) is 34.6 Å². The highest BCUT2D eigenvalue weighted by Gasteiger charge is 2.60. The lowest BCUT2D eigenvalue weighted by Crippen LogP contribution is -2.38. The van der Waals surface area contributed by atoms with Crippen LogP contribution in [-0.2, 0) is 19.0 Å². The minimum atomic E-state index is -0.624. The standard InChI is InChI=1S/C15H26O5/c1-14(2,3)11(16)9-7-8(13(17)18-6)10(19-9)12-15(4,5)20-12/h8-12,16H,7H2,1-6H3. The number of carbonyl (C=O) groups is 1. The fourth-order valence-corrected chi connectivity index (χ4v) is 2.92. The van der Waals surface area contributed by atoms with Gasteiger partial charge in [0.05, 0.1) is 30.8 Å². The molecule has 0 bridgehead atoms. The normalized spacial score (nSPS) is 37.5. The van der Waals surface area contributed by atoms with Gasteiger partial charge in [0.1, 0.15) is 12.2 Å². The van der Waals surface area contributed by atoms with E-state index in [0.717, 1.165) is 0 Å². The summed E-state index contributed by atoms with van der Waals surface area (Å²) in [4.78, 5) is 11.9. The van der Waals surface area contributed by atoms with Gasteiger partial charge in [-0.05, 0) is 25.7 Å². The van der Waals surface area contributed by atoms with E-state index in [1.54, 1.807) is 0 Å². The minimum Gasteiger partial charge on any atom is -0.469 e. The lowest BCUT2D eigenvalue weighted by molar-refractivity contribution is -0.148. The molecule has 0 aromatic rings. The summed E-state index contributed by atoms with van der Waals surface area (Å²) in [7, 11) is 1.38. The molecule has 5 unspecified atom stereocenters. The maximum absolute atomic E-state index is 11.9. The van der Waals surface area contributed by atoms with Crippen molar-refractivity contribution in [2.24, 2.45) is 11.3 Å². The van der Waals surface area contributed by atoms with E-state index in [9.17, 15) is 9.90 Å². The molecule has 20 heavy (non-hydrogen) atoms. The highest BCUT2D eigenvalue weighted by molar-refractivity contribution is 5.73. The third kappa shape index (κ3) is 2.85. The van der Waals surface area contributed by atoms with Crippen LogP contribution in [0.4, 0.5) is 0 Å². The second kappa shape index (κ2) is 4.97. The van der Waals surface area contributed by atoms with Crippen LogP contribution in [0.25, 0.3) is 0 Å². The van der Waals surface area contributed by atoms with Crippen molar-refractivity contribution in [3.63, 3.8) is 0 Å². The van der Waals surface area contributed by atoms with E-state index < -0.39 is 6.10 Å². The largest absolute Gasteiger partial charge is 0.469 e. The number of hydrogen-bond acceptors (Lipinski definition) is 5. The number of ether oxygens (including phenoxy) is 3. The first-order chi connectivity index (χ1) is 9.08. The molecular formula is C15H26O5. The zero-order chi connectivity index (χ0) is 15.3. The van der Waals surface area contributed by atoms with Crippen LogP contribution in [-0.4, -0.2) is 48.2 Å². The smallest absolute Gasteiger partial charge is 0.311 e. The van der Waals surface area contributed by atoms with Crippen molar-refractivity contribution in [3.8, 4) is 0 Å². The number of aliphatic hydroxyl groups excluding tert-OH is 1. The van der Waals surface area contributed by atoms with E-state index in [0.29, 0.717) is 6.42 Å². The molecule has 0 radical (unpaired) electrons. The van der Waals surface area contributed by atoms with E-state index in [-0.39, 0.29) is 41.2 Å². The van der Waals surface area contributed by atoms with Crippen LogP contribution >= 0.6 is 0 Å². The Morgan fingerprint density at radius 2 is 1.95 bits per heavy atom. The van der Waals surface area contributed by atoms with E-state index in [2.05, 4.69) is 0 Å². The summed E-state index contributed by atoms with van der Waals surface area (Å²) in [5.74, 6) is -0.654. The van der Waals surface area contributed by atoms with Crippen LogP contribution in [0, 0.1) is 11.3 Å². The lowest BCUT2D eigenvalue weighted by Gasteiger charge is -2.30. The Labute approximate surface area is 120 Å². The minimum absolute atomic E-state index is 0.108. The number of hydrogen-bond donors (Lipinski definition) is 1. The Morgan fingerprint density at radius 1 is 1.40 bits per heavy atom. The van der Waals surface area contributed by atoms with Crippen LogP contribution in [0.1, 0.15) is 41.0 Å². The van der Waals surface area contributed by atoms with Crippen molar-refractivity contribution in [3.05, 3.63) is 0 Å². The van der Waals surface area contributed by atoms with Crippen molar-refractivity contribution in [1.29, 1.82) is 0 Å². The first kappa shape index (κ1) is 15.7. The van der Waals surface area contributed by atoms with Crippen LogP contribution in [0.3, 0.4) is 0 Å². The molecule has 0 amide bonds. The molecule has 2 aliphatic rings. The molecule has 2 saturated heterocycles. The number of epoxide rings is 1. The van der Waals surface area contributed by atoms with Gasteiger partial charge in [0.2, 0.25) is 0 Å². The first-order valence-electron chi connectivity index (χ1n) is 7.17. The Bertz CT molecular complexity index is 384. The number of methoxy groups -OCH3 is 1. The summed E-state index contributed by atoms with van der Waals surface area (Å²) in [5.41, 5.74) is -0.557. The maximum atomic E-state index is 11.9. The maximum Gasteiger partial charge on any atom is 0.311 e. The van der Waals surface area contributed by atoms with Gasteiger partial charge in [0, 0.05) is 0 Å². The van der Waals surface area contributed by atoms with Crippen LogP contribution < -0.4 is 0 Å². The van der Waals surface area contributed by atoms with E-state index >= 15 is 0 Å². The zero-order valence-corrected chi connectivity index (χ0v) is 13.2. The van der Waals surface area contributed by atoms with Gasteiger partial charge in [-0.15, -0.1) is 0 Å². The second-order valence-corrected chi connectivity index (χ2v) is 7.46. The molecule has 116 valence electrons. The van der Waals surface area contributed by atoms with Crippen molar-refractivity contribution in [1.82, 2.24) is 0 Å². The van der Waals surface area contributed by atoms with Crippen LogP contribution in [0.2, 0.25) is 0 Å². The molecular weight excluding hydrogens is 260 g/mol. The van der Waals surface area contributed by atoms with Crippen molar-refractivity contribution in [2.75, 3.05) is 7.11 Å². The number of carbonyl (C=O) groups excluding carboxylic acids is 1. The van der Waals surface area contributed by atoms with Crippen molar-refractivity contribution >= 4 is 5.97 Å². The van der Waals surface area contributed by atoms with Gasteiger partial charge in [-0.1, -0.05) is 20.8 Å². The van der Waals surface area contributed by atoms with Crippen LogP contribution in [0.15, 0.2) is 0 Å². The molecule has 2 aliphatic heterocycles. The van der Waals surface area contributed by atoms with Crippen LogP contribution in [0.5, 0.6) is 0 Å². The van der Waals surface area contributed by atoms with Gasteiger partial charge in [0.15, 0.2) is 0 Å². The molecule has 5 nitrogen and oxygen atoms in total. The quantitative estimate of drug-likeness (QED) is 0.629. The average Bonchev–Trinajstić information content (AvgIpc) is 2.79. The van der Waals surface area contributed by atoms with E-state index in [4.69, 9.17) is 14.2 Å². The molecule has 0 spiro atoms. The van der Waals surface area contributed by atoms with Gasteiger partial charge in [0.25, 0.3) is 0 Å². The molecule has 2 rings (SSSR count). The average molecular weight is 286 g/mol. The van der Waals surface area contributed by atoms with Gasteiger partial charge in [-0.3, -0.25) is 4.79 Å². The predicted molar refractivity (Wildman–Crippen MR) is 73.2 cm³/mol. The lowest BCUT2D eigenvalue weighted by atomic mass is 9.83. The molecule has 0 aromatic carbocycles. The number of aliphatic hydroxyl groups is 1. The van der Waals surface area contributed by atoms with E-state index in [1.165, 1.54) is 7.11 Å². The van der Waals surface area contributed by atoms with Crippen molar-refractivity contribution in [2.45, 2.75) is 71.1 Å². The highest BCUT2D eigenvalue weighted by Crippen LogP contribution is 2.46. The Balaban J connectivity index is 2.13. The molecule has 5 atom stereocenters. The predicted octanol–water partition coefficient (Wildman–Crippen LogP) is 1.52. The fraction of sp³-hybridized carbons (Fsp3) is 0.933. The summed E-state index contributed by atoms with van der Waals surface area (Å²) in [5, 5.41) is 10.4. The summed E-state index contributed by atoms with van der Waals surface area (Å²) in [6.07, 6.45) is -0.944. The molecule has 5 heteroatoms. The first-order valence-corrected chi connectivity index (χ1v) is 7.17. The fourth-order valence-electron chi connectivity index (χ4n) is 2.92. The van der Waals surface area contributed by atoms with Crippen molar-refractivity contribution < 1.29 is 24.1 Å². The summed E-state index contributed by atoms with van der Waals surface area (Å²) in [6, 6.07) is 0. The molecule has 0 aliphatic carbocycles. The zero-order valence-electron chi connectivity index (χ0n) is 13.2. The molecule has 0 saturated carbocycles. The molecule has 1 N–H and O–H groups in total. The topological polar surface area (TPSA) is 68.3 Å². The molecule has 2 fully saturated rings. The third-order valence-electron chi connectivity index (χ3n) is 4.32. The highest BCUT2D eigenvalue weighted by atomic mass is 16.6. The SMILES string of the molecule is COC(=O)C1CC(C(O)C(C)(C)C)OC1C1OC1(C)C. The third-order valence-corrected chi connectivity index (χ3v) is 4.32. The Kier molecular flexibility index (Phi) is 3.91. The summed E-state index contributed by atoms with van der Waals surface area (Å²) in [6.45, 7) is 9.82. The molecule has 0 aromatic heterocycles. The Morgan fingerprint density at radius 3 is 2.35 bits per heavy atom. The summed E-state index contributed by atoms with van der Waals surface area (Å²) >= 11 is 0. The summed E-state index contributed by atoms with van der Waals surface area (Å²) < 4.78 is 16.4. The van der Waals surface area contributed by atoms with Gasteiger partial charge < -0.3 is 19.3 Å². The van der Waals surface area contributed by atoms with Gasteiger partial charge in [-0.25, -0.2) is 0 Å². The number of rotatable bonds is 3. The Hall–Kier alpha value is -0.650. The van der Waals surface area contributed by atoms with Gasteiger partial charge in [-0.2, -0.15) is 0 Å².